The average Bonchev–Trinajstić information content (AvgIpc) is 3.60. The molecule has 9 nitrogen and oxygen atoms in total. The number of benzene rings is 5. The second kappa shape index (κ2) is 13.5. The number of nitrogens with one attached hydrogen (secondary N) is 1. The molecule has 2 aliphatic carbocycles. The van der Waals surface area contributed by atoms with E-state index >= 15 is 9.59 Å². The van der Waals surface area contributed by atoms with Crippen molar-refractivity contribution in [3.63, 3.8) is 0 Å². The van der Waals surface area contributed by atoms with Crippen LogP contribution < -0.4 is 15.1 Å². The number of aromatic hydroxyl groups is 1. The van der Waals surface area contributed by atoms with E-state index in [0.717, 1.165) is 22.6 Å². The molecule has 2 aliphatic heterocycles. The number of ether oxygens (including phenoxy) is 1. The van der Waals surface area contributed by atoms with E-state index < -0.39 is 46.8 Å². The fourth-order valence-corrected chi connectivity index (χ4v) is 10.3. The monoisotopic (exact) mass is 785 g/mol. The smallest absolute Gasteiger partial charge is 0.260 e. The molecule has 5 aromatic rings. The third-order valence-corrected chi connectivity index (χ3v) is 13.0. The first-order valence-electron chi connectivity index (χ1n) is 18.7. The molecule has 4 amide bonds. The van der Waals surface area contributed by atoms with Crippen molar-refractivity contribution < 1.29 is 29.0 Å². The molecule has 0 aromatic heterocycles. The van der Waals surface area contributed by atoms with Gasteiger partial charge in [-0.05, 0) is 95.8 Å². The summed E-state index contributed by atoms with van der Waals surface area (Å²) in [7, 11) is 1.56. The van der Waals surface area contributed by atoms with Gasteiger partial charge in [0.1, 0.15) is 11.5 Å². The zero-order chi connectivity index (χ0) is 39.0. The number of phenols is 1. The molecule has 2 saturated heterocycles. The molecule has 5 aromatic carbocycles. The lowest BCUT2D eigenvalue weighted by molar-refractivity contribution is -0.138. The van der Waals surface area contributed by atoms with Gasteiger partial charge < -0.3 is 9.84 Å². The van der Waals surface area contributed by atoms with Gasteiger partial charge >= 0.3 is 0 Å². The molecule has 4 aliphatic rings. The number of hydrazine groups is 1. The van der Waals surface area contributed by atoms with Crippen molar-refractivity contribution in [1.29, 1.82) is 0 Å². The number of fused-ring (bicyclic) bond motifs is 5. The van der Waals surface area contributed by atoms with Crippen LogP contribution in [0.2, 0.25) is 10.0 Å². The number of carbonyl (C=O) groups excluding carboxylic acids is 4. The number of allylic oxidation sites excluding steroid dienone is 2. The van der Waals surface area contributed by atoms with E-state index in [1.807, 2.05) is 79.7 Å². The molecule has 9 rings (SSSR count). The number of halogens is 2. The summed E-state index contributed by atoms with van der Waals surface area (Å²) in [4.78, 5) is 61.0. The Morgan fingerprint density at radius 3 is 2.27 bits per heavy atom. The maximum absolute atomic E-state index is 15.6. The predicted octanol–water partition coefficient (Wildman–Crippen LogP) is 8.61. The minimum absolute atomic E-state index is 0.0697. The van der Waals surface area contributed by atoms with E-state index in [1.165, 1.54) is 11.0 Å². The number of hydrogen-bond acceptors (Lipinski definition) is 7. The van der Waals surface area contributed by atoms with Crippen LogP contribution in [0.1, 0.15) is 42.4 Å². The minimum atomic E-state index is -1.54. The van der Waals surface area contributed by atoms with Crippen molar-refractivity contribution >= 4 is 69.0 Å². The largest absolute Gasteiger partial charge is 0.507 e. The lowest BCUT2D eigenvalue weighted by Crippen LogP contribution is -2.53. The summed E-state index contributed by atoms with van der Waals surface area (Å²) in [5.74, 6) is -4.67. The average molecular weight is 787 g/mol. The fourth-order valence-electron chi connectivity index (χ4n) is 9.88. The van der Waals surface area contributed by atoms with E-state index in [2.05, 4.69) is 5.43 Å². The highest BCUT2D eigenvalue weighted by Gasteiger charge is 2.70. The Kier molecular flexibility index (Phi) is 8.71. The summed E-state index contributed by atoms with van der Waals surface area (Å²) in [6.07, 6.45) is 3.25. The molecular formula is C45H37Cl2N3O6. The van der Waals surface area contributed by atoms with Crippen molar-refractivity contribution in [2.45, 2.75) is 37.5 Å². The summed E-state index contributed by atoms with van der Waals surface area (Å²) < 4.78 is 5.52. The number of methoxy groups -OCH3 is 1. The van der Waals surface area contributed by atoms with Gasteiger partial charge in [0.15, 0.2) is 0 Å². The Morgan fingerprint density at radius 1 is 0.839 bits per heavy atom. The van der Waals surface area contributed by atoms with E-state index in [-0.39, 0.29) is 35.4 Å². The van der Waals surface area contributed by atoms with Gasteiger partial charge in [0.2, 0.25) is 11.8 Å². The molecule has 2 N–H and O–H groups in total. The number of phenolic OH excluding ortho intramolecular Hbond substituents is 1. The minimum Gasteiger partial charge on any atom is -0.507 e. The SMILES string of the molecule is CCc1ccc(N2C(=O)C3CC=C4C(CC5C(=O)N(Nc6ccc(Cl)cc6Cl)C(=O)C5(c5ccc(OC)cc5)C4c4ccc(O)c5ccccc45)C3C2=O)cc1. The van der Waals surface area contributed by atoms with Gasteiger partial charge in [-0.1, -0.05) is 96.4 Å². The first kappa shape index (κ1) is 36.0. The van der Waals surface area contributed by atoms with Crippen LogP contribution >= 0.6 is 23.2 Å². The Bertz CT molecular complexity index is 2500. The maximum Gasteiger partial charge on any atom is 0.260 e. The number of anilines is 2. The van der Waals surface area contributed by atoms with Crippen LogP contribution in [0.15, 0.2) is 115 Å². The second-order valence-corrected chi connectivity index (χ2v) is 15.8. The molecule has 3 fully saturated rings. The third kappa shape index (κ3) is 5.20. The second-order valence-electron chi connectivity index (χ2n) is 15.0. The normalized spacial score (nSPS) is 25.6. The maximum atomic E-state index is 15.6. The zero-order valence-corrected chi connectivity index (χ0v) is 32.1. The molecule has 282 valence electrons. The summed E-state index contributed by atoms with van der Waals surface area (Å²) in [5.41, 5.74) is 5.52. The van der Waals surface area contributed by atoms with Crippen LogP contribution in [0.5, 0.6) is 11.5 Å². The highest BCUT2D eigenvalue weighted by molar-refractivity contribution is 6.36. The number of amides is 4. The van der Waals surface area contributed by atoms with Gasteiger partial charge in [0.25, 0.3) is 11.8 Å². The van der Waals surface area contributed by atoms with Crippen molar-refractivity contribution in [3.05, 3.63) is 142 Å². The molecule has 0 radical (unpaired) electrons. The van der Waals surface area contributed by atoms with E-state index in [9.17, 15) is 14.7 Å². The number of imide groups is 2. The van der Waals surface area contributed by atoms with Crippen molar-refractivity contribution in [1.82, 2.24) is 5.01 Å². The van der Waals surface area contributed by atoms with E-state index in [4.69, 9.17) is 27.9 Å². The summed E-state index contributed by atoms with van der Waals surface area (Å²) in [6, 6.07) is 30.2. The van der Waals surface area contributed by atoms with Crippen molar-refractivity contribution in [3.8, 4) is 11.5 Å². The fraction of sp³-hybridized carbons (Fsp3) is 0.244. The zero-order valence-electron chi connectivity index (χ0n) is 30.5. The van der Waals surface area contributed by atoms with E-state index in [1.54, 1.807) is 37.4 Å². The number of hydrogen-bond donors (Lipinski definition) is 2. The molecule has 2 heterocycles. The van der Waals surface area contributed by atoms with E-state index in [0.29, 0.717) is 44.0 Å². The molecule has 56 heavy (non-hydrogen) atoms. The van der Waals surface area contributed by atoms with Crippen LogP contribution in [-0.4, -0.2) is 40.9 Å². The van der Waals surface area contributed by atoms with Crippen LogP contribution in [0.25, 0.3) is 10.8 Å². The number of aryl methyl sites for hydroxylation is 1. The summed E-state index contributed by atoms with van der Waals surface area (Å²) in [5, 5.41) is 14.0. The van der Waals surface area contributed by atoms with Gasteiger partial charge in [-0.15, -0.1) is 0 Å². The summed E-state index contributed by atoms with van der Waals surface area (Å²) in [6.45, 7) is 2.04. The molecular weight excluding hydrogens is 749 g/mol. The molecule has 11 heteroatoms. The lowest BCUT2D eigenvalue weighted by atomic mass is 9.49. The van der Waals surface area contributed by atoms with Crippen LogP contribution in [-0.2, 0) is 31.0 Å². The molecule has 0 spiro atoms. The van der Waals surface area contributed by atoms with Gasteiger partial charge in [-0.25, -0.2) is 0 Å². The Hall–Kier alpha value is -5.64. The Balaban J connectivity index is 1.27. The quantitative estimate of drug-likeness (QED) is 0.125. The highest BCUT2D eigenvalue weighted by atomic mass is 35.5. The van der Waals surface area contributed by atoms with Gasteiger partial charge in [-0.2, -0.15) is 5.01 Å². The van der Waals surface area contributed by atoms with Gasteiger partial charge in [-0.3, -0.25) is 29.5 Å². The predicted molar refractivity (Wildman–Crippen MR) is 215 cm³/mol. The highest BCUT2D eigenvalue weighted by Crippen LogP contribution is 2.65. The van der Waals surface area contributed by atoms with Gasteiger partial charge in [0, 0.05) is 16.3 Å². The van der Waals surface area contributed by atoms with Crippen molar-refractivity contribution in [2.75, 3.05) is 17.4 Å². The third-order valence-electron chi connectivity index (χ3n) is 12.4. The van der Waals surface area contributed by atoms with Gasteiger partial charge in [0.05, 0.1) is 46.7 Å². The van der Waals surface area contributed by atoms with Crippen LogP contribution in [0, 0.1) is 23.7 Å². The number of carbonyl (C=O) groups is 4. The molecule has 1 saturated carbocycles. The first-order valence-corrected chi connectivity index (χ1v) is 19.5. The molecule has 0 bridgehead atoms. The number of nitrogens with zero attached hydrogens (tertiary/aromatic N) is 2. The topological polar surface area (TPSA) is 116 Å². The molecule has 6 atom stereocenters. The molecule has 6 unspecified atom stereocenters. The van der Waals surface area contributed by atoms with Crippen molar-refractivity contribution in [2.24, 2.45) is 23.7 Å². The van der Waals surface area contributed by atoms with Crippen LogP contribution in [0.4, 0.5) is 11.4 Å². The van der Waals surface area contributed by atoms with Crippen LogP contribution in [0.3, 0.4) is 0 Å². The Labute approximate surface area is 333 Å². The standard InChI is InChI=1S/C45H37Cl2N3O6/c1-3-24-8-13-27(14-9-24)49-41(52)33-18-17-32-34(39(33)43(49)54)23-35-42(53)50(48-37-20-12-26(46)22-36(37)47)44(55)45(35,25-10-15-28(56-2)16-11-25)40(32)31-19-21-38(51)30-7-5-4-6-29(30)31/h4-17,19-22,33-35,39-40,48,51H,3,18,23H2,1-2H3. The number of rotatable bonds is 7. The Morgan fingerprint density at radius 2 is 1.57 bits per heavy atom. The lowest BCUT2D eigenvalue weighted by Gasteiger charge is -2.51. The summed E-state index contributed by atoms with van der Waals surface area (Å²) >= 11 is 12.8. The first-order chi connectivity index (χ1) is 27.1.